The minimum atomic E-state index is 0.341. The summed E-state index contributed by atoms with van der Waals surface area (Å²) in [4.78, 5) is 0. The van der Waals surface area contributed by atoms with Crippen molar-refractivity contribution in [2.45, 2.75) is 38.3 Å². The lowest BCUT2D eigenvalue weighted by Gasteiger charge is -2.34. The first-order valence-corrected chi connectivity index (χ1v) is 6.29. The van der Waals surface area contributed by atoms with Crippen LogP contribution in [0, 0.1) is 5.92 Å². The Morgan fingerprint density at radius 2 is 2.12 bits per heavy atom. The molecule has 16 heavy (non-hydrogen) atoms. The number of rotatable bonds is 3. The van der Waals surface area contributed by atoms with Crippen LogP contribution < -0.4 is 10.1 Å². The summed E-state index contributed by atoms with van der Waals surface area (Å²) in [5.41, 5.74) is 1.36. The Hall–Kier alpha value is -1.02. The molecule has 1 aliphatic heterocycles. The van der Waals surface area contributed by atoms with Crippen molar-refractivity contribution in [3.8, 4) is 5.75 Å². The summed E-state index contributed by atoms with van der Waals surface area (Å²) in [6.07, 6.45) is 4.07. The summed E-state index contributed by atoms with van der Waals surface area (Å²) >= 11 is 0. The van der Waals surface area contributed by atoms with Gasteiger partial charge in [-0.3, -0.25) is 0 Å². The Morgan fingerprint density at radius 3 is 2.88 bits per heavy atom. The first-order valence-electron chi connectivity index (χ1n) is 6.29. The second kappa shape index (κ2) is 4.10. The van der Waals surface area contributed by atoms with Crippen molar-refractivity contribution in [2.24, 2.45) is 5.92 Å². The molecule has 1 aliphatic carbocycles. The lowest BCUT2D eigenvalue weighted by molar-refractivity contribution is 0.185. The Morgan fingerprint density at radius 1 is 1.31 bits per heavy atom. The molecule has 1 atom stereocenters. The zero-order valence-corrected chi connectivity index (χ0v) is 9.78. The van der Waals surface area contributed by atoms with E-state index >= 15 is 0 Å². The number of para-hydroxylation sites is 1. The van der Waals surface area contributed by atoms with Gasteiger partial charge >= 0.3 is 0 Å². The predicted molar refractivity (Wildman–Crippen MR) is 64.8 cm³/mol. The second-order valence-electron chi connectivity index (χ2n) is 5.23. The van der Waals surface area contributed by atoms with Gasteiger partial charge in [0.25, 0.3) is 0 Å². The van der Waals surface area contributed by atoms with Gasteiger partial charge in [-0.2, -0.15) is 0 Å². The van der Waals surface area contributed by atoms with Crippen molar-refractivity contribution in [1.29, 1.82) is 0 Å². The molecule has 2 nitrogen and oxygen atoms in total. The predicted octanol–water partition coefficient (Wildman–Crippen LogP) is 2.38. The van der Waals surface area contributed by atoms with Gasteiger partial charge in [0.15, 0.2) is 0 Å². The maximum absolute atomic E-state index is 5.89. The Bertz CT molecular complexity index is 346. The third-order valence-electron chi connectivity index (χ3n) is 3.72. The minimum absolute atomic E-state index is 0.341. The topological polar surface area (TPSA) is 21.3 Å². The van der Waals surface area contributed by atoms with Gasteiger partial charge in [0, 0.05) is 19.0 Å². The van der Waals surface area contributed by atoms with Gasteiger partial charge in [-0.15, -0.1) is 0 Å². The van der Waals surface area contributed by atoms with Crippen LogP contribution in [0.25, 0.3) is 0 Å². The van der Waals surface area contributed by atoms with E-state index < -0.39 is 0 Å². The van der Waals surface area contributed by atoms with Crippen molar-refractivity contribution in [2.75, 3.05) is 6.54 Å². The molecule has 0 amide bonds. The fourth-order valence-electron chi connectivity index (χ4n) is 2.73. The lowest BCUT2D eigenvalue weighted by atomic mass is 9.82. The van der Waals surface area contributed by atoms with Crippen LogP contribution in [0.5, 0.6) is 5.75 Å². The van der Waals surface area contributed by atoms with Crippen LogP contribution >= 0.6 is 0 Å². The molecule has 1 fully saturated rings. The molecule has 0 spiro atoms. The maximum atomic E-state index is 5.89. The maximum Gasteiger partial charge on any atom is 0.123 e. The fourth-order valence-corrected chi connectivity index (χ4v) is 2.73. The average molecular weight is 217 g/mol. The monoisotopic (exact) mass is 217 g/mol. The van der Waals surface area contributed by atoms with Gasteiger partial charge in [-0.1, -0.05) is 25.1 Å². The second-order valence-corrected chi connectivity index (χ2v) is 5.23. The van der Waals surface area contributed by atoms with Gasteiger partial charge in [-0.05, 0) is 30.4 Å². The van der Waals surface area contributed by atoms with Gasteiger partial charge in [0.1, 0.15) is 11.9 Å². The quantitative estimate of drug-likeness (QED) is 0.839. The molecule has 2 heteroatoms. The zero-order chi connectivity index (χ0) is 11.0. The molecular weight excluding hydrogens is 198 g/mol. The van der Waals surface area contributed by atoms with E-state index in [-0.39, 0.29) is 0 Å². The van der Waals surface area contributed by atoms with E-state index in [4.69, 9.17) is 4.74 Å². The van der Waals surface area contributed by atoms with Crippen LogP contribution in [-0.2, 0) is 6.42 Å². The van der Waals surface area contributed by atoms with Crippen LogP contribution in [0.3, 0.4) is 0 Å². The van der Waals surface area contributed by atoms with Crippen LogP contribution in [0.1, 0.15) is 25.3 Å². The number of nitrogens with one attached hydrogen (secondary N) is 1. The molecule has 0 radical (unpaired) electrons. The minimum Gasteiger partial charge on any atom is -0.488 e. The van der Waals surface area contributed by atoms with Gasteiger partial charge in [0.2, 0.25) is 0 Å². The average Bonchev–Trinajstić information content (AvgIpc) is 2.65. The molecule has 3 rings (SSSR count). The number of benzene rings is 1. The number of hydrogen-bond donors (Lipinski definition) is 1. The first kappa shape index (κ1) is 10.2. The lowest BCUT2D eigenvalue weighted by Crippen LogP contribution is -2.44. The van der Waals surface area contributed by atoms with E-state index in [0.29, 0.717) is 6.10 Å². The SMILES string of the molecule is CC1CC(NCC2Cc3ccccc3O2)C1. The molecule has 1 N–H and O–H groups in total. The van der Waals surface area contributed by atoms with Crippen molar-refractivity contribution < 1.29 is 4.74 Å². The summed E-state index contributed by atoms with van der Waals surface area (Å²) in [7, 11) is 0. The van der Waals surface area contributed by atoms with E-state index in [1.165, 1.54) is 18.4 Å². The molecule has 1 aromatic rings. The standard InChI is InChI=1S/C14H19NO/c1-10-6-12(7-10)15-9-13-8-11-4-2-3-5-14(11)16-13/h2-5,10,12-13,15H,6-9H2,1H3. The third kappa shape index (κ3) is 1.94. The fraction of sp³-hybridized carbons (Fsp3) is 0.571. The molecule has 86 valence electrons. The number of fused-ring (bicyclic) bond motifs is 1. The van der Waals surface area contributed by atoms with Crippen LogP contribution in [0.15, 0.2) is 24.3 Å². The Kier molecular flexibility index (Phi) is 2.60. The van der Waals surface area contributed by atoms with E-state index in [2.05, 4.69) is 30.4 Å². The number of hydrogen-bond acceptors (Lipinski definition) is 2. The molecule has 1 saturated carbocycles. The summed E-state index contributed by atoms with van der Waals surface area (Å²) in [5, 5.41) is 3.60. The van der Waals surface area contributed by atoms with Crippen molar-refractivity contribution >= 4 is 0 Å². The smallest absolute Gasteiger partial charge is 0.123 e. The van der Waals surface area contributed by atoms with Crippen molar-refractivity contribution in [1.82, 2.24) is 5.32 Å². The molecule has 0 saturated heterocycles. The van der Waals surface area contributed by atoms with Crippen molar-refractivity contribution in [3.05, 3.63) is 29.8 Å². The highest BCUT2D eigenvalue weighted by atomic mass is 16.5. The van der Waals surface area contributed by atoms with Crippen LogP contribution in [-0.4, -0.2) is 18.7 Å². The van der Waals surface area contributed by atoms with E-state index in [9.17, 15) is 0 Å². The highest BCUT2D eigenvalue weighted by Crippen LogP contribution is 2.29. The molecule has 2 aliphatic rings. The summed E-state index contributed by atoms with van der Waals surface area (Å²) in [6, 6.07) is 9.11. The van der Waals surface area contributed by atoms with Crippen LogP contribution in [0.4, 0.5) is 0 Å². The molecular formula is C14H19NO. The zero-order valence-electron chi connectivity index (χ0n) is 9.78. The summed E-state index contributed by atoms with van der Waals surface area (Å²) < 4.78 is 5.89. The molecule has 1 unspecified atom stereocenters. The summed E-state index contributed by atoms with van der Waals surface area (Å²) in [5.74, 6) is 2.00. The molecule has 1 heterocycles. The van der Waals surface area contributed by atoms with Gasteiger partial charge in [-0.25, -0.2) is 0 Å². The van der Waals surface area contributed by atoms with E-state index in [1.54, 1.807) is 0 Å². The van der Waals surface area contributed by atoms with Gasteiger partial charge < -0.3 is 10.1 Å². The largest absolute Gasteiger partial charge is 0.488 e. The molecule has 1 aromatic carbocycles. The Labute approximate surface area is 97.0 Å². The highest BCUT2D eigenvalue weighted by Gasteiger charge is 2.27. The number of ether oxygens (including phenoxy) is 1. The van der Waals surface area contributed by atoms with Crippen molar-refractivity contribution in [3.63, 3.8) is 0 Å². The Balaban J connectivity index is 1.49. The highest BCUT2D eigenvalue weighted by molar-refractivity contribution is 5.37. The molecule has 0 bridgehead atoms. The first-order chi connectivity index (χ1) is 7.81. The third-order valence-corrected chi connectivity index (χ3v) is 3.72. The summed E-state index contributed by atoms with van der Waals surface area (Å²) in [6.45, 7) is 3.31. The molecule has 0 aromatic heterocycles. The normalized spacial score (nSPS) is 31.7. The van der Waals surface area contributed by atoms with E-state index in [1.807, 2.05) is 6.07 Å². The van der Waals surface area contributed by atoms with Gasteiger partial charge in [0.05, 0.1) is 0 Å². The van der Waals surface area contributed by atoms with E-state index in [0.717, 1.165) is 30.7 Å². The van der Waals surface area contributed by atoms with Crippen LogP contribution in [0.2, 0.25) is 0 Å².